The van der Waals surface area contributed by atoms with Gasteiger partial charge in [-0.05, 0) is 37.6 Å². The normalized spacial score (nSPS) is 12.2. The van der Waals surface area contributed by atoms with Crippen LogP contribution >= 0.6 is 0 Å². The van der Waals surface area contributed by atoms with Crippen molar-refractivity contribution < 1.29 is 13.2 Å². The lowest BCUT2D eigenvalue weighted by Gasteiger charge is -2.05. The Morgan fingerprint density at radius 1 is 1.22 bits per heavy atom. The largest absolute Gasteiger partial charge is 0.416 e. The van der Waals surface area contributed by atoms with Crippen molar-refractivity contribution in [2.75, 3.05) is 6.54 Å². The number of hydrogen-bond acceptors (Lipinski definition) is 2. The standard InChI is InChI=1S/C12H14F3N3/c13-12(14,15)8-4-5-9-10(7-8)18-11(17-9)3-1-2-6-16/h4-5,7H,1-3,6,16H2,(H,17,18). The molecule has 0 bridgehead atoms. The number of nitrogens with zero attached hydrogens (tertiary/aromatic N) is 1. The number of unbranched alkanes of at least 4 members (excludes halogenated alkanes) is 1. The molecular weight excluding hydrogens is 243 g/mol. The summed E-state index contributed by atoms with van der Waals surface area (Å²) in [5.74, 6) is 0.706. The first kappa shape index (κ1) is 12.9. The van der Waals surface area contributed by atoms with Crippen LogP contribution in [0.3, 0.4) is 0 Å². The van der Waals surface area contributed by atoms with E-state index < -0.39 is 11.7 Å². The van der Waals surface area contributed by atoms with Gasteiger partial charge in [-0.2, -0.15) is 13.2 Å². The topological polar surface area (TPSA) is 54.7 Å². The van der Waals surface area contributed by atoms with Crippen molar-refractivity contribution in [3.63, 3.8) is 0 Å². The monoisotopic (exact) mass is 257 g/mol. The highest BCUT2D eigenvalue weighted by Crippen LogP contribution is 2.30. The highest BCUT2D eigenvalue weighted by molar-refractivity contribution is 5.76. The van der Waals surface area contributed by atoms with Crippen LogP contribution in [0.4, 0.5) is 13.2 Å². The lowest BCUT2D eigenvalue weighted by Crippen LogP contribution is -2.04. The maximum Gasteiger partial charge on any atom is 0.416 e. The van der Waals surface area contributed by atoms with Crippen LogP contribution in [0.5, 0.6) is 0 Å². The molecule has 3 nitrogen and oxygen atoms in total. The van der Waals surface area contributed by atoms with E-state index in [0.29, 0.717) is 29.8 Å². The molecule has 18 heavy (non-hydrogen) atoms. The van der Waals surface area contributed by atoms with Crippen molar-refractivity contribution in [2.45, 2.75) is 25.4 Å². The van der Waals surface area contributed by atoms with Crippen LogP contribution in [-0.4, -0.2) is 16.5 Å². The number of H-pyrrole nitrogens is 1. The molecule has 1 aromatic carbocycles. The summed E-state index contributed by atoms with van der Waals surface area (Å²) in [5, 5.41) is 0. The molecule has 3 N–H and O–H groups in total. The molecule has 0 aliphatic carbocycles. The zero-order valence-corrected chi connectivity index (χ0v) is 9.72. The zero-order valence-electron chi connectivity index (χ0n) is 9.72. The van der Waals surface area contributed by atoms with Gasteiger partial charge in [0, 0.05) is 6.42 Å². The number of benzene rings is 1. The number of nitrogens with two attached hydrogens (primary N) is 1. The number of halogens is 3. The van der Waals surface area contributed by atoms with Crippen molar-refractivity contribution in [3.8, 4) is 0 Å². The van der Waals surface area contributed by atoms with Gasteiger partial charge in [-0.25, -0.2) is 4.98 Å². The third kappa shape index (κ3) is 2.81. The Bertz CT molecular complexity index is 531. The Balaban J connectivity index is 2.23. The highest BCUT2D eigenvalue weighted by atomic mass is 19.4. The fourth-order valence-electron chi connectivity index (χ4n) is 1.79. The van der Waals surface area contributed by atoms with E-state index >= 15 is 0 Å². The molecule has 0 saturated carbocycles. The molecule has 6 heteroatoms. The number of alkyl halides is 3. The number of rotatable bonds is 4. The second-order valence-electron chi connectivity index (χ2n) is 4.16. The molecule has 0 fully saturated rings. The van der Waals surface area contributed by atoms with Crippen molar-refractivity contribution >= 4 is 11.0 Å². The van der Waals surface area contributed by atoms with Crippen LogP contribution in [0.15, 0.2) is 18.2 Å². The smallest absolute Gasteiger partial charge is 0.342 e. The maximum absolute atomic E-state index is 12.5. The van der Waals surface area contributed by atoms with Gasteiger partial charge in [0.2, 0.25) is 0 Å². The molecule has 98 valence electrons. The van der Waals surface area contributed by atoms with E-state index in [1.807, 2.05) is 0 Å². The third-order valence-corrected chi connectivity index (χ3v) is 2.73. The summed E-state index contributed by atoms with van der Waals surface area (Å²) in [5.41, 5.74) is 5.70. The summed E-state index contributed by atoms with van der Waals surface area (Å²) in [7, 11) is 0. The van der Waals surface area contributed by atoms with Crippen LogP contribution < -0.4 is 5.73 Å². The highest BCUT2D eigenvalue weighted by Gasteiger charge is 2.30. The summed E-state index contributed by atoms with van der Waals surface area (Å²) in [6, 6.07) is 3.53. The maximum atomic E-state index is 12.5. The number of aromatic nitrogens is 2. The number of aryl methyl sites for hydroxylation is 1. The Hall–Kier alpha value is -1.56. The zero-order chi connectivity index (χ0) is 13.2. The number of nitrogens with one attached hydrogen (secondary N) is 1. The summed E-state index contributed by atoms with van der Waals surface area (Å²) in [6.45, 7) is 0.610. The van der Waals surface area contributed by atoms with E-state index in [0.717, 1.165) is 25.0 Å². The Morgan fingerprint density at radius 3 is 2.67 bits per heavy atom. The SMILES string of the molecule is NCCCCc1nc2ccc(C(F)(F)F)cc2[nH]1. The first-order valence-corrected chi connectivity index (χ1v) is 5.76. The molecule has 0 atom stereocenters. The Kier molecular flexibility index (Phi) is 3.56. The molecule has 2 rings (SSSR count). The minimum absolute atomic E-state index is 0.424. The number of fused-ring (bicyclic) bond motifs is 1. The van der Waals surface area contributed by atoms with Crippen molar-refractivity contribution in [1.82, 2.24) is 9.97 Å². The van der Waals surface area contributed by atoms with Gasteiger partial charge in [-0.1, -0.05) is 0 Å². The number of aromatic amines is 1. The fourth-order valence-corrected chi connectivity index (χ4v) is 1.79. The molecule has 2 aromatic rings. The van der Waals surface area contributed by atoms with Crippen LogP contribution in [0, 0.1) is 0 Å². The predicted octanol–water partition coefficient (Wildman–Crippen LogP) is 2.86. The molecule has 0 amide bonds. The average Bonchev–Trinajstić information content (AvgIpc) is 2.69. The number of imidazole rings is 1. The van der Waals surface area contributed by atoms with Crippen molar-refractivity contribution in [1.29, 1.82) is 0 Å². The first-order valence-electron chi connectivity index (χ1n) is 5.76. The Labute approximate surface area is 102 Å². The minimum Gasteiger partial charge on any atom is -0.342 e. The van der Waals surface area contributed by atoms with Crippen molar-refractivity contribution in [3.05, 3.63) is 29.6 Å². The average molecular weight is 257 g/mol. The molecule has 0 spiro atoms. The van der Waals surface area contributed by atoms with Gasteiger partial charge < -0.3 is 10.7 Å². The molecule has 0 saturated heterocycles. The summed E-state index contributed by atoms with van der Waals surface area (Å²) in [4.78, 5) is 7.16. The van der Waals surface area contributed by atoms with E-state index in [1.54, 1.807) is 0 Å². The van der Waals surface area contributed by atoms with Gasteiger partial charge in [-0.3, -0.25) is 0 Å². The van der Waals surface area contributed by atoms with Gasteiger partial charge in [0.05, 0.1) is 16.6 Å². The van der Waals surface area contributed by atoms with E-state index in [4.69, 9.17) is 5.73 Å². The lowest BCUT2D eigenvalue weighted by molar-refractivity contribution is -0.137. The summed E-state index contributed by atoms with van der Waals surface area (Å²) < 4.78 is 37.6. The predicted molar refractivity (Wildman–Crippen MR) is 63.1 cm³/mol. The number of hydrogen-bond donors (Lipinski definition) is 2. The molecule has 1 aromatic heterocycles. The fraction of sp³-hybridized carbons (Fsp3) is 0.417. The van der Waals surface area contributed by atoms with Gasteiger partial charge in [0.15, 0.2) is 0 Å². The van der Waals surface area contributed by atoms with Gasteiger partial charge >= 0.3 is 6.18 Å². The van der Waals surface area contributed by atoms with Crippen LogP contribution in [0.1, 0.15) is 24.2 Å². The minimum atomic E-state index is -4.32. The quantitative estimate of drug-likeness (QED) is 0.827. The van der Waals surface area contributed by atoms with Gasteiger partial charge in [0.1, 0.15) is 5.82 Å². The second kappa shape index (κ2) is 4.97. The molecule has 1 heterocycles. The molecule has 0 unspecified atom stereocenters. The van der Waals surface area contributed by atoms with Crippen molar-refractivity contribution in [2.24, 2.45) is 5.73 Å². The van der Waals surface area contributed by atoms with E-state index in [1.165, 1.54) is 6.07 Å². The van der Waals surface area contributed by atoms with E-state index in [-0.39, 0.29) is 0 Å². The molecule has 0 aliphatic heterocycles. The summed E-state index contributed by atoms with van der Waals surface area (Å²) in [6.07, 6.45) is -1.86. The third-order valence-electron chi connectivity index (χ3n) is 2.73. The molecule has 0 radical (unpaired) electrons. The second-order valence-corrected chi connectivity index (χ2v) is 4.16. The Morgan fingerprint density at radius 2 is 2.00 bits per heavy atom. The van der Waals surface area contributed by atoms with Crippen LogP contribution in [0.2, 0.25) is 0 Å². The van der Waals surface area contributed by atoms with E-state index in [9.17, 15) is 13.2 Å². The lowest BCUT2D eigenvalue weighted by atomic mass is 10.2. The van der Waals surface area contributed by atoms with E-state index in [2.05, 4.69) is 9.97 Å². The van der Waals surface area contributed by atoms with Crippen LogP contribution in [0.25, 0.3) is 11.0 Å². The molecular formula is C12H14F3N3. The van der Waals surface area contributed by atoms with Gasteiger partial charge in [-0.15, -0.1) is 0 Å². The summed E-state index contributed by atoms with van der Waals surface area (Å²) >= 11 is 0. The van der Waals surface area contributed by atoms with Gasteiger partial charge in [0.25, 0.3) is 0 Å². The first-order chi connectivity index (χ1) is 8.50. The van der Waals surface area contributed by atoms with Crippen LogP contribution in [-0.2, 0) is 12.6 Å². The molecule has 0 aliphatic rings.